The summed E-state index contributed by atoms with van der Waals surface area (Å²) < 4.78 is 5.57. The van der Waals surface area contributed by atoms with Crippen LogP contribution in [0.4, 0.5) is 5.95 Å². The Morgan fingerprint density at radius 1 is 1.35 bits per heavy atom. The monoisotopic (exact) mass is 250 g/mol. The zero-order chi connectivity index (χ0) is 12.1. The number of benzene rings is 1. The number of hydrogen-bond donors (Lipinski definition) is 2. The zero-order valence-electron chi connectivity index (χ0n) is 9.51. The second kappa shape index (κ2) is 5.58. The van der Waals surface area contributed by atoms with Gasteiger partial charge in [0.15, 0.2) is 0 Å². The Balaban J connectivity index is 1.71. The van der Waals surface area contributed by atoms with Gasteiger partial charge >= 0.3 is 0 Å². The maximum Gasteiger partial charge on any atom is 0.216 e. The Hall–Kier alpha value is -1.69. The minimum atomic E-state index is 0.340. The molecule has 0 fully saturated rings. The van der Waals surface area contributed by atoms with E-state index in [0.29, 0.717) is 17.7 Å². The maximum atomic E-state index is 5.57. The third kappa shape index (κ3) is 3.67. The fourth-order valence-corrected chi connectivity index (χ4v) is 1.87. The van der Waals surface area contributed by atoms with Crippen LogP contribution >= 0.6 is 11.8 Å². The molecule has 0 aliphatic rings. The second-order valence-corrected chi connectivity index (χ2v) is 4.58. The molecule has 1 aromatic heterocycles. The van der Waals surface area contributed by atoms with E-state index in [1.165, 1.54) is 17.3 Å². The van der Waals surface area contributed by atoms with Crippen molar-refractivity contribution in [1.29, 1.82) is 0 Å². The molecule has 0 radical (unpaired) electrons. The lowest BCUT2D eigenvalue weighted by Crippen LogP contribution is -2.00. The van der Waals surface area contributed by atoms with Crippen molar-refractivity contribution in [3.63, 3.8) is 0 Å². The number of aromatic nitrogens is 3. The molecule has 3 N–H and O–H groups in total. The third-order valence-electron chi connectivity index (χ3n) is 2.09. The topological polar surface area (TPSA) is 76.8 Å². The predicted molar refractivity (Wildman–Crippen MR) is 68.2 cm³/mol. The zero-order valence-corrected chi connectivity index (χ0v) is 10.3. The predicted octanol–water partition coefficient (Wildman–Crippen LogP) is 1.87. The normalized spacial score (nSPS) is 10.4. The van der Waals surface area contributed by atoms with Crippen LogP contribution in [0.3, 0.4) is 0 Å². The third-order valence-corrected chi connectivity index (χ3v) is 2.90. The molecule has 0 spiro atoms. The molecule has 0 bridgehead atoms. The lowest BCUT2D eigenvalue weighted by Gasteiger charge is -2.04. The van der Waals surface area contributed by atoms with Gasteiger partial charge in [0.05, 0.1) is 6.61 Å². The van der Waals surface area contributed by atoms with Gasteiger partial charge in [-0.15, -0.1) is 5.10 Å². The van der Waals surface area contributed by atoms with Crippen molar-refractivity contribution in [3.05, 3.63) is 29.8 Å². The van der Waals surface area contributed by atoms with Crippen LogP contribution < -0.4 is 10.5 Å². The molecule has 1 heterocycles. The molecular formula is C11H14N4OS. The molecule has 2 rings (SSSR count). The molecule has 0 atom stereocenters. The molecule has 0 amide bonds. The number of H-pyrrole nitrogens is 1. The first-order chi connectivity index (χ1) is 8.24. The average molecular weight is 250 g/mol. The van der Waals surface area contributed by atoms with Crippen molar-refractivity contribution < 1.29 is 4.74 Å². The van der Waals surface area contributed by atoms with E-state index in [4.69, 9.17) is 10.5 Å². The lowest BCUT2D eigenvalue weighted by atomic mass is 10.2. The number of nitrogens with one attached hydrogen (secondary N) is 1. The second-order valence-electron chi connectivity index (χ2n) is 3.51. The van der Waals surface area contributed by atoms with Gasteiger partial charge in [0.1, 0.15) is 5.75 Å². The van der Waals surface area contributed by atoms with E-state index in [2.05, 4.69) is 15.2 Å². The van der Waals surface area contributed by atoms with E-state index in [-0.39, 0.29) is 0 Å². The van der Waals surface area contributed by atoms with Crippen LogP contribution in [0.5, 0.6) is 5.75 Å². The molecule has 0 aliphatic heterocycles. The SMILES string of the molecule is Cc1ccc(OCCSc2n[nH]c(N)n2)cc1. The van der Waals surface area contributed by atoms with E-state index in [0.717, 1.165) is 11.5 Å². The number of aromatic amines is 1. The summed E-state index contributed by atoms with van der Waals surface area (Å²) in [5.74, 6) is 2.00. The van der Waals surface area contributed by atoms with Crippen LogP contribution in [0, 0.1) is 6.92 Å². The quantitative estimate of drug-likeness (QED) is 0.625. The molecule has 2 aromatic rings. The summed E-state index contributed by atoms with van der Waals surface area (Å²) in [6.07, 6.45) is 0. The van der Waals surface area contributed by atoms with Crippen LogP contribution in [0.15, 0.2) is 29.4 Å². The minimum absolute atomic E-state index is 0.340. The van der Waals surface area contributed by atoms with E-state index in [1.807, 2.05) is 31.2 Å². The standard InChI is InChI=1S/C11H14N4OS/c1-8-2-4-9(5-3-8)16-6-7-17-11-13-10(12)14-15-11/h2-5H,6-7H2,1H3,(H3,12,13,14,15). The highest BCUT2D eigenvalue weighted by Crippen LogP contribution is 2.15. The number of nitrogen functional groups attached to an aromatic ring is 1. The van der Waals surface area contributed by atoms with Crippen molar-refractivity contribution in [2.24, 2.45) is 0 Å². The Morgan fingerprint density at radius 3 is 2.76 bits per heavy atom. The molecule has 17 heavy (non-hydrogen) atoms. The maximum absolute atomic E-state index is 5.57. The largest absolute Gasteiger partial charge is 0.493 e. The first-order valence-electron chi connectivity index (χ1n) is 5.24. The Bertz CT molecular complexity index is 469. The van der Waals surface area contributed by atoms with Crippen molar-refractivity contribution in [1.82, 2.24) is 15.2 Å². The number of thioether (sulfide) groups is 1. The average Bonchev–Trinajstić information content (AvgIpc) is 2.73. The molecule has 0 unspecified atom stereocenters. The van der Waals surface area contributed by atoms with Gasteiger partial charge in [0.2, 0.25) is 11.1 Å². The Kier molecular flexibility index (Phi) is 3.87. The van der Waals surface area contributed by atoms with Gasteiger partial charge in [-0.25, -0.2) is 5.10 Å². The van der Waals surface area contributed by atoms with Gasteiger partial charge in [0.25, 0.3) is 0 Å². The fourth-order valence-electron chi connectivity index (χ4n) is 1.25. The van der Waals surface area contributed by atoms with Crippen molar-refractivity contribution in [3.8, 4) is 5.75 Å². The molecule has 0 aliphatic carbocycles. The minimum Gasteiger partial charge on any atom is -0.493 e. The summed E-state index contributed by atoms with van der Waals surface area (Å²) in [5, 5.41) is 7.15. The van der Waals surface area contributed by atoms with Crippen LogP contribution in [0.25, 0.3) is 0 Å². The fraction of sp³-hybridized carbons (Fsp3) is 0.273. The van der Waals surface area contributed by atoms with E-state index < -0.39 is 0 Å². The molecular weight excluding hydrogens is 236 g/mol. The van der Waals surface area contributed by atoms with Gasteiger partial charge in [-0.05, 0) is 19.1 Å². The summed E-state index contributed by atoms with van der Waals surface area (Å²) >= 11 is 1.51. The first kappa shape index (κ1) is 11.8. The van der Waals surface area contributed by atoms with E-state index >= 15 is 0 Å². The lowest BCUT2D eigenvalue weighted by molar-refractivity contribution is 0.344. The first-order valence-corrected chi connectivity index (χ1v) is 6.23. The number of aryl methyl sites for hydroxylation is 1. The molecule has 0 saturated carbocycles. The highest BCUT2D eigenvalue weighted by atomic mass is 32.2. The summed E-state index contributed by atoms with van der Waals surface area (Å²) in [5.41, 5.74) is 6.64. The molecule has 1 aromatic carbocycles. The van der Waals surface area contributed by atoms with Crippen LogP contribution in [-0.2, 0) is 0 Å². The highest BCUT2D eigenvalue weighted by molar-refractivity contribution is 7.99. The van der Waals surface area contributed by atoms with Gasteiger partial charge in [-0.2, -0.15) is 4.98 Å². The number of nitrogens with two attached hydrogens (primary N) is 1. The summed E-state index contributed by atoms with van der Waals surface area (Å²) in [6, 6.07) is 7.98. The van der Waals surface area contributed by atoms with Gasteiger partial charge in [0, 0.05) is 5.75 Å². The number of ether oxygens (including phenoxy) is 1. The number of hydrogen-bond acceptors (Lipinski definition) is 5. The highest BCUT2D eigenvalue weighted by Gasteiger charge is 2.00. The Labute approximate surface area is 104 Å². The summed E-state index contributed by atoms with van der Waals surface area (Å²) in [4.78, 5) is 3.99. The number of rotatable bonds is 5. The van der Waals surface area contributed by atoms with E-state index in [1.54, 1.807) is 0 Å². The van der Waals surface area contributed by atoms with Crippen LogP contribution in [0.2, 0.25) is 0 Å². The smallest absolute Gasteiger partial charge is 0.216 e. The molecule has 5 nitrogen and oxygen atoms in total. The van der Waals surface area contributed by atoms with Gasteiger partial charge in [-0.1, -0.05) is 29.5 Å². The number of nitrogens with zero attached hydrogens (tertiary/aromatic N) is 2. The van der Waals surface area contributed by atoms with Crippen molar-refractivity contribution >= 4 is 17.7 Å². The Morgan fingerprint density at radius 2 is 2.12 bits per heavy atom. The van der Waals surface area contributed by atoms with Gasteiger partial charge < -0.3 is 10.5 Å². The van der Waals surface area contributed by atoms with Crippen molar-refractivity contribution in [2.45, 2.75) is 12.1 Å². The van der Waals surface area contributed by atoms with Crippen molar-refractivity contribution in [2.75, 3.05) is 18.1 Å². The van der Waals surface area contributed by atoms with Gasteiger partial charge in [-0.3, -0.25) is 0 Å². The van der Waals surface area contributed by atoms with Crippen LogP contribution in [-0.4, -0.2) is 27.5 Å². The summed E-state index contributed by atoms with van der Waals surface area (Å²) in [7, 11) is 0. The van der Waals surface area contributed by atoms with Crippen LogP contribution in [0.1, 0.15) is 5.56 Å². The molecule has 90 valence electrons. The number of anilines is 1. The molecule has 0 saturated heterocycles. The van der Waals surface area contributed by atoms with E-state index in [9.17, 15) is 0 Å². The molecule has 6 heteroatoms. The summed E-state index contributed by atoms with van der Waals surface area (Å²) in [6.45, 7) is 2.66.